The fraction of sp³-hybridized carbons (Fsp3) is 0.292. The Bertz CT molecular complexity index is 1050. The zero-order valence-corrected chi connectivity index (χ0v) is 18.2. The van der Waals surface area contributed by atoms with Crippen molar-refractivity contribution in [2.45, 2.75) is 25.4 Å². The Hall–Kier alpha value is -3.52. The van der Waals surface area contributed by atoms with Gasteiger partial charge in [0.1, 0.15) is 17.5 Å². The summed E-state index contributed by atoms with van der Waals surface area (Å²) in [5.41, 5.74) is 7.90. The summed E-state index contributed by atoms with van der Waals surface area (Å²) in [6, 6.07) is 13.6. The summed E-state index contributed by atoms with van der Waals surface area (Å²) >= 11 is 0. The molecule has 0 saturated carbocycles. The number of likely N-dealkylation sites (N-methyl/N-ethyl adjacent to an activating group) is 1. The third kappa shape index (κ3) is 6.01. The largest absolute Gasteiger partial charge is 0.392 e. The van der Waals surface area contributed by atoms with Crippen LogP contribution in [0.25, 0.3) is 0 Å². The van der Waals surface area contributed by atoms with Crippen molar-refractivity contribution in [3.63, 3.8) is 0 Å². The third-order valence-corrected chi connectivity index (χ3v) is 5.05. The van der Waals surface area contributed by atoms with Gasteiger partial charge in [0.05, 0.1) is 12.0 Å². The Kier molecular flexibility index (Phi) is 7.72. The smallest absolute Gasteiger partial charge is 0.229 e. The summed E-state index contributed by atoms with van der Waals surface area (Å²) in [6.07, 6.45) is 3.28. The SMILES string of the molecule is CC(O)CN(C)c1ccc(C(C(N)=O)c2cccnc2)c(NCCc2cccc(F)c2)n1. The van der Waals surface area contributed by atoms with Crippen LogP contribution in [0.4, 0.5) is 16.0 Å². The summed E-state index contributed by atoms with van der Waals surface area (Å²) < 4.78 is 13.5. The number of primary amides is 1. The summed E-state index contributed by atoms with van der Waals surface area (Å²) in [6.45, 7) is 2.58. The van der Waals surface area contributed by atoms with Gasteiger partial charge in [0.15, 0.2) is 0 Å². The first-order chi connectivity index (χ1) is 15.3. The average molecular weight is 438 g/mol. The van der Waals surface area contributed by atoms with E-state index in [-0.39, 0.29) is 5.82 Å². The number of amides is 1. The van der Waals surface area contributed by atoms with Crippen molar-refractivity contribution in [2.75, 3.05) is 30.4 Å². The first-order valence-electron chi connectivity index (χ1n) is 10.4. The van der Waals surface area contributed by atoms with E-state index in [1.807, 2.05) is 24.1 Å². The zero-order valence-electron chi connectivity index (χ0n) is 18.2. The molecule has 2 unspecified atom stereocenters. The molecule has 168 valence electrons. The van der Waals surface area contributed by atoms with Crippen molar-refractivity contribution in [1.29, 1.82) is 0 Å². The number of anilines is 2. The van der Waals surface area contributed by atoms with Gasteiger partial charge in [0.25, 0.3) is 0 Å². The van der Waals surface area contributed by atoms with E-state index >= 15 is 0 Å². The highest BCUT2D eigenvalue weighted by Gasteiger charge is 2.25. The van der Waals surface area contributed by atoms with Gasteiger partial charge >= 0.3 is 0 Å². The summed E-state index contributed by atoms with van der Waals surface area (Å²) in [7, 11) is 1.83. The molecule has 0 aliphatic heterocycles. The van der Waals surface area contributed by atoms with Crippen LogP contribution in [-0.4, -0.2) is 47.2 Å². The van der Waals surface area contributed by atoms with Crippen molar-refractivity contribution >= 4 is 17.5 Å². The molecule has 0 aliphatic rings. The number of hydrogen-bond acceptors (Lipinski definition) is 6. The van der Waals surface area contributed by atoms with E-state index in [0.717, 1.165) is 5.56 Å². The molecular formula is C24H28FN5O2. The maximum Gasteiger partial charge on any atom is 0.229 e. The fourth-order valence-electron chi connectivity index (χ4n) is 3.60. The predicted molar refractivity (Wildman–Crippen MR) is 123 cm³/mol. The lowest BCUT2D eigenvalue weighted by Crippen LogP contribution is -2.28. The van der Waals surface area contributed by atoms with Crippen LogP contribution < -0.4 is 16.0 Å². The van der Waals surface area contributed by atoms with Crippen LogP contribution in [0.15, 0.2) is 60.9 Å². The third-order valence-electron chi connectivity index (χ3n) is 5.05. The highest BCUT2D eigenvalue weighted by molar-refractivity contribution is 5.87. The second-order valence-electron chi connectivity index (χ2n) is 7.77. The second kappa shape index (κ2) is 10.7. The minimum atomic E-state index is -0.732. The lowest BCUT2D eigenvalue weighted by molar-refractivity contribution is -0.118. The number of halogens is 1. The first-order valence-corrected chi connectivity index (χ1v) is 10.4. The van der Waals surface area contributed by atoms with E-state index in [2.05, 4.69) is 10.3 Å². The maximum absolute atomic E-state index is 13.5. The molecule has 7 nitrogen and oxygen atoms in total. The second-order valence-corrected chi connectivity index (χ2v) is 7.77. The van der Waals surface area contributed by atoms with Crippen LogP contribution in [-0.2, 0) is 11.2 Å². The number of aliphatic hydroxyl groups excluding tert-OH is 1. The molecular weight excluding hydrogens is 409 g/mol. The van der Waals surface area contributed by atoms with Gasteiger partial charge in [-0.1, -0.05) is 24.3 Å². The molecule has 0 radical (unpaired) electrons. The number of aromatic nitrogens is 2. The van der Waals surface area contributed by atoms with E-state index in [0.29, 0.717) is 42.3 Å². The highest BCUT2D eigenvalue weighted by atomic mass is 19.1. The molecule has 0 bridgehead atoms. The predicted octanol–water partition coefficient (Wildman–Crippen LogP) is 2.70. The minimum Gasteiger partial charge on any atom is -0.392 e. The molecule has 3 aromatic rings. The summed E-state index contributed by atoms with van der Waals surface area (Å²) in [4.78, 5) is 23.0. The minimum absolute atomic E-state index is 0.284. The molecule has 4 N–H and O–H groups in total. The van der Waals surface area contributed by atoms with Crippen LogP contribution in [0.2, 0.25) is 0 Å². The number of nitrogens with two attached hydrogens (primary N) is 1. The topological polar surface area (TPSA) is 104 Å². The quantitative estimate of drug-likeness (QED) is 0.451. The standard InChI is InChI=1S/C24H28FN5O2/c1-16(31)15-30(2)21-9-8-20(22(23(26)32)18-6-4-11-27-14-18)24(29-21)28-12-10-17-5-3-7-19(25)13-17/h3-9,11,13-14,16,22,31H,10,12,15H2,1-2H3,(H2,26,32)(H,28,29). The van der Waals surface area contributed by atoms with Crippen molar-refractivity contribution in [3.05, 3.63) is 83.4 Å². The van der Waals surface area contributed by atoms with E-state index in [1.165, 1.54) is 12.1 Å². The monoisotopic (exact) mass is 437 g/mol. The number of aliphatic hydroxyl groups is 1. The van der Waals surface area contributed by atoms with Crippen LogP contribution in [0.5, 0.6) is 0 Å². The van der Waals surface area contributed by atoms with Gasteiger partial charge in [0.2, 0.25) is 5.91 Å². The van der Waals surface area contributed by atoms with Gasteiger partial charge in [-0.15, -0.1) is 0 Å². The lowest BCUT2D eigenvalue weighted by atomic mass is 9.92. The Morgan fingerprint density at radius 1 is 1.25 bits per heavy atom. The highest BCUT2D eigenvalue weighted by Crippen LogP contribution is 2.31. The van der Waals surface area contributed by atoms with Crippen molar-refractivity contribution in [2.24, 2.45) is 5.73 Å². The van der Waals surface area contributed by atoms with E-state index in [1.54, 1.807) is 43.6 Å². The normalized spacial score (nSPS) is 12.8. The van der Waals surface area contributed by atoms with Crippen LogP contribution >= 0.6 is 0 Å². The van der Waals surface area contributed by atoms with E-state index in [4.69, 9.17) is 10.7 Å². The van der Waals surface area contributed by atoms with Crippen molar-refractivity contribution in [3.8, 4) is 0 Å². The molecule has 2 atom stereocenters. The maximum atomic E-state index is 13.5. The molecule has 32 heavy (non-hydrogen) atoms. The van der Waals surface area contributed by atoms with Crippen LogP contribution in [0, 0.1) is 5.82 Å². The van der Waals surface area contributed by atoms with Gasteiger partial charge in [-0.25, -0.2) is 9.37 Å². The van der Waals surface area contributed by atoms with Crippen LogP contribution in [0.3, 0.4) is 0 Å². The number of pyridine rings is 2. The molecule has 3 rings (SSSR count). The first kappa shape index (κ1) is 23.1. The zero-order chi connectivity index (χ0) is 23.1. The average Bonchev–Trinajstić information content (AvgIpc) is 2.75. The molecule has 8 heteroatoms. The fourth-order valence-corrected chi connectivity index (χ4v) is 3.60. The molecule has 0 aliphatic carbocycles. The Morgan fingerprint density at radius 2 is 2.06 bits per heavy atom. The van der Waals surface area contributed by atoms with Gasteiger partial charge in [-0.05, 0) is 48.7 Å². The molecule has 2 aromatic heterocycles. The number of benzene rings is 1. The van der Waals surface area contributed by atoms with Gasteiger partial charge in [-0.2, -0.15) is 0 Å². The van der Waals surface area contributed by atoms with Gasteiger partial charge in [-0.3, -0.25) is 9.78 Å². The number of carbonyl (C=O) groups excluding carboxylic acids is 1. The Labute approximate surface area is 187 Å². The number of rotatable bonds is 10. The molecule has 0 saturated heterocycles. The number of nitrogens with one attached hydrogen (secondary N) is 1. The Balaban J connectivity index is 1.93. The van der Waals surface area contributed by atoms with E-state index in [9.17, 15) is 14.3 Å². The lowest BCUT2D eigenvalue weighted by Gasteiger charge is -2.23. The molecule has 0 spiro atoms. The molecule has 2 heterocycles. The molecule has 0 fully saturated rings. The van der Waals surface area contributed by atoms with Gasteiger partial charge in [0, 0.05) is 38.1 Å². The van der Waals surface area contributed by atoms with Crippen molar-refractivity contribution in [1.82, 2.24) is 9.97 Å². The summed E-state index contributed by atoms with van der Waals surface area (Å²) in [5, 5.41) is 13.0. The molecule has 1 amide bonds. The Morgan fingerprint density at radius 3 is 2.72 bits per heavy atom. The number of nitrogens with zero attached hydrogens (tertiary/aromatic N) is 3. The van der Waals surface area contributed by atoms with E-state index < -0.39 is 17.9 Å². The number of carbonyl (C=O) groups is 1. The van der Waals surface area contributed by atoms with Crippen LogP contribution in [0.1, 0.15) is 29.5 Å². The number of hydrogen-bond donors (Lipinski definition) is 3. The van der Waals surface area contributed by atoms with Crippen molar-refractivity contribution < 1.29 is 14.3 Å². The molecule has 1 aromatic carbocycles. The van der Waals surface area contributed by atoms with Gasteiger partial charge < -0.3 is 21.1 Å². The summed E-state index contributed by atoms with van der Waals surface area (Å²) in [5.74, 6) is -0.392.